The van der Waals surface area contributed by atoms with E-state index in [1.54, 1.807) is 27.7 Å². The molecule has 0 saturated carbocycles. The van der Waals surface area contributed by atoms with Crippen molar-refractivity contribution < 1.29 is 19.1 Å². The van der Waals surface area contributed by atoms with Crippen molar-refractivity contribution in [2.24, 2.45) is 5.41 Å². The highest BCUT2D eigenvalue weighted by Crippen LogP contribution is 2.25. The Morgan fingerprint density at radius 3 is 2.00 bits per heavy atom. The predicted molar refractivity (Wildman–Crippen MR) is 85.2 cm³/mol. The van der Waals surface area contributed by atoms with E-state index in [1.807, 2.05) is 27.7 Å². The third-order valence-corrected chi connectivity index (χ3v) is 3.69. The van der Waals surface area contributed by atoms with Gasteiger partial charge in [-0.2, -0.15) is 0 Å². The van der Waals surface area contributed by atoms with Crippen LogP contribution in [-0.4, -0.2) is 29.1 Å². The maximum Gasteiger partial charge on any atom is 0.355 e. The lowest BCUT2D eigenvalue weighted by Gasteiger charge is -2.26. The number of nitrogens with one attached hydrogen (secondary N) is 1. The summed E-state index contributed by atoms with van der Waals surface area (Å²) in [5.74, 6) is -0.879. The molecule has 0 aliphatic heterocycles. The van der Waals surface area contributed by atoms with E-state index in [0.717, 1.165) is 0 Å². The average Bonchev–Trinajstić information content (AvgIpc) is 2.62. The van der Waals surface area contributed by atoms with Crippen LogP contribution in [0.15, 0.2) is 0 Å². The van der Waals surface area contributed by atoms with Gasteiger partial charge < -0.3 is 14.5 Å². The van der Waals surface area contributed by atoms with Crippen molar-refractivity contribution in [1.29, 1.82) is 0 Å². The number of hydrogen-bond acceptors (Lipinski definition) is 4. The normalized spacial score (nSPS) is 13.1. The summed E-state index contributed by atoms with van der Waals surface area (Å²) < 4.78 is 10.7. The minimum Gasteiger partial charge on any atom is -0.458 e. The summed E-state index contributed by atoms with van der Waals surface area (Å²) in [6, 6.07) is 0. The first-order chi connectivity index (χ1) is 9.95. The quantitative estimate of drug-likeness (QED) is 0.859. The molecule has 0 amide bonds. The van der Waals surface area contributed by atoms with Crippen molar-refractivity contribution in [2.45, 2.75) is 67.6 Å². The van der Waals surface area contributed by atoms with Crippen molar-refractivity contribution in [3.8, 4) is 0 Å². The van der Waals surface area contributed by atoms with Crippen LogP contribution in [0.5, 0.6) is 0 Å². The molecule has 0 aromatic carbocycles. The lowest BCUT2D eigenvalue weighted by Crippen LogP contribution is -2.29. The first-order valence-corrected chi connectivity index (χ1v) is 7.56. The van der Waals surface area contributed by atoms with Crippen LogP contribution in [0.1, 0.15) is 73.6 Å². The Balaban J connectivity index is 3.04. The zero-order valence-corrected chi connectivity index (χ0v) is 14.8. The third kappa shape index (κ3) is 4.12. The second-order valence-corrected chi connectivity index (χ2v) is 6.99. The Bertz CT molecular complexity index is 564. The molecule has 0 saturated heterocycles. The summed E-state index contributed by atoms with van der Waals surface area (Å²) >= 11 is 0. The van der Waals surface area contributed by atoms with Crippen LogP contribution in [0.4, 0.5) is 0 Å². The molecule has 22 heavy (non-hydrogen) atoms. The number of esters is 2. The number of aryl methyl sites for hydroxylation is 1. The Morgan fingerprint density at radius 1 is 1.00 bits per heavy atom. The SMILES string of the molecule is Cc1[nH]c(C(=O)OC(C)C)c(C)c1C(=O)OC(C)C(C)(C)C. The Kier molecular flexibility index (Phi) is 5.44. The summed E-state index contributed by atoms with van der Waals surface area (Å²) in [6.45, 7) is 14.9. The van der Waals surface area contributed by atoms with Crippen molar-refractivity contribution in [3.63, 3.8) is 0 Å². The molecule has 1 aromatic heterocycles. The van der Waals surface area contributed by atoms with Gasteiger partial charge in [-0.05, 0) is 45.6 Å². The van der Waals surface area contributed by atoms with Crippen LogP contribution < -0.4 is 0 Å². The summed E-state index contributed by atoms with van der Waals surface area (Å²) in [5, 5.41) is 0. The van der Waals surface area contributed by atoms with Crippen molar-refractivity contribution in [1.82, 2.24) is 4.98 Å². The van der Waals surface area contributed by atoms with E-state index in [2.05, 4.69) is 4.98 Å². The lowest BCUT2D eigenvalue weighted by atomic mass is 9.90. The molecule has 5 nitrogen and oxygen atoms in total. The largest absolute Gasteiger partial charge is 0.458 e. The summed E-state index contributed by atoms with van der Waals surface area (Å²) in [7, 11) is 0. The molecule has 0 fully saturated rings. The molecular formula is C17H27NO4. The smallest absolute Gasteiger partial charge is 0.355 e. The number of carbonyl (C=O) groups is 2. The molecule has 0 radical (unpaired) electrons. The molecule has 0 bridgehead atoms. The van der Waals surface area contributed by atoms with Crippen molar-refractivity contribution in [2.75, 3.05) is 0 Å². The van der Waals surface area contributed by atoms with Crippen LogP contribution in [0.3, 0.4) is 0 Å². The molecule has 0 spiro atoms. The first-order valence-electron chi connectivity index (χ1n) is 7.56. The molecule has 124 valence electrons. The number of aromatic amines is 1. The van der Waals surface area contributed by atoms with Crippen LogP contribution in [0.2, 0.25) is 0 Å². The van der Waals surface area contributed by atoms with Crippen molar-refractivity contribution >= 4 is 11.9 Å². The first kappa shape index (κ1) is 18.3. The van der Waals surface area contributed by atoms with Gasteiger partial charge in [-0.3, -0.25) is 0 Å². The molecule has 0 aliphatic carbocycles. The van der Waals surface area contributed by atoms with E-state index in [0.29, 0.717) is 22.5 Å². The van der Waals surface area contributed by atoms with Crippen LogP contribution in [-0.2, 0) is 9.47 Å². The van der Waals surface area contributed by atoms with Gasteiger partial charge in [0.05, 0.1) is 11.7 Å². The van der Waals surface area contributed by atoms with Crippen LogP contribution in [0.25, 0.3) is 0 Å². The number of rotatable bonds is 4. The summed E-state index contributed by atoms with van der Waals surface area (Å²) in [4.78, 5) is 27.4. The van der Waals surface area contributed by atoms with Gasteiger partial charge in [0.25, 0.3) is 0 Å². The highest BCUT2D eigenvalue weighted by atomic mass is 16.5. The predicted octanol–water partition coefficient (Wildman–Crippen LogP) is 3.79. The van der Waals surface area contributed by atoms with Gasteiger partial charge in [0.15, 0.2) is 0 Å². The third-order valence-electron chi connectivity index (χ3n) is 3.69. The van der Waals surface area contributed by atoms with Gasteiger partial charge >= 0.3 is 11.9 Å². The molecule has 5 heteroatoms. The summed E-state index contributed by atoms with van der Waals surface area (Å²) in [6.07, 6.45) is -0.452. The van der Waals surface area contributed by atoms with E-state index >= 15 is 0 Å². The van der Waals surface area contributed by atoms with Gasteiger partial charge in [-0.1, -0.05) is 20.8 Å². The minimum absolute atomic E-state index is 0.146. The van der Waals surface area contributed by atoms with E-state index in [4.69, 9.17) is 9.47 Å². The number of H-pyrrole nitrogens is 1. The summed E-state index contributed by atoms with van der Waals surface area (Å²) in [5.41, 5.74) is 1.75. The van der Waals surface area contributed by atoms with Gasteiger partial charge in [0, 0.05) is 5.69 Å². The Morgan fingerprint density at radius 2 is 1.55 bits per heavy atom. The van der Waals surface area contributed by atoms with Crippen LogP contribution >= 0.6 is 0 Å². The lowest BCUT2D eigenvalue weighted by molar-refractivity contribution is 0.00467. The van der Waals surface area contributed by atoms with Gasteiger partial charge in [0.2, 0.25) is 0 Å². The molecule has 1 heterocycles. The highest BCUT2D eigenvalue weighted by Gasteiger charge is 2.28. The van der Waals surface area contributed by atoms with E-state index < -0.39 is 11.9 Å². The number of aromatic nitrogens is 1. The second-order valence-electron chi connectivity index (χ2n) is 6.99. The molecule has 0 aliphatic rings. The second kappa shape index (κ2) is 6.55. The number of hydrogen-bond donors (Lipinski definition) is 1. The van der Waals surface area contributed by atoms with Gasteiger partial charge in [0.1, 0.15) is 11.8 Å². The van der Waals surface area contributed by atoms with E-state index in [-0.39, 0.29) is 17.6 Å². The number of carbonyl (C=O) groups excluding carboxylic acids is 2. The molecule has 1 unspecified atom stereocenters. The number of ether oxygens (including phenoxy) is 2. The monoisotopic (exact) mass is 309 g/mol. The maximum absolute atomic E-state index is 12.4. The van der Waals surface area contributed by atoms with E-state index in [9.17, 15) is 9.59 Å². The molecule has 1 atom stereocenters. The van der Waals surface area contributed by atoms with Gasteiger partial charge in [-0.25, -0.2) is 9.59 Å². The maximum atomic E-state index is 12.4. The molecule has 1 aromatic rings. The minimum atomic E-state index is -0.460. The molecular weight excluding hydrogens is 282 g/mol. The standard InChI is InChI=1S/C17H27NO4/c1-9(2)21-16(20)14-10(3)13(11(4)18-14)15(19)22-12(5)17(6,7)8/h9,12,18H,1-8H3. The van der Waals surface area contributed by atoms with E-state index in [1.165, 1.54) is 0 Å². The zero-order valence-electron chi connectivity index (χ0n) is 14.8. The Hall–Kier alpha value is -1.78. The topological polar surface area (TPSA) is 68.4 Å². The van der Waals surface area contributed by atoms with Crippen molar-refractivity contribution in [3.05, 3.63) is 22.5 Å². The fourth-order valence-electron chi connectivity index (χ4n) is 1.93. The fourth-order valence-corrected chi connectivity index (χ4v) is 1.93. The van der Waals surface area contributed by atoms with Gasteiger partial charge in [-0.15, -0.1) is 0 Å². The average molecular weight is 309 g/mol. The fraction of sp³-hybridized carbons (Fsp3) is 0.647. The molecule has 1 rings (SSSR count). The van der Waals surface area contributed by atoms with Crippen LogP contribution in [0, 0.1) is 19.3 Å². The zero-order chi connectivity index (χ0) is 17.2. The Labute approximate surface area is 132 Å². The highest BCUT2D eigenvalue weighted by molar-refractivity contribution is 5.98. The molecule has 1 N–H and O–H groups in total.